The third-order valence-electron chi connectivity index (χ3n) is 6.67. The van der Waals surface area contributed by atoms with E-state index < -0.39 is 58.3 Å². The first-order valence-corrected chi connectivity index (χ1v) is 15.6. The predicted octanol–water partition coefficient (Wildman–Crippen LogP) is 1.18. The number of phosphoric ester groups is 1. The van der Waals surface area contributed by atoms with Crippen LogP contribution in [0.4, 0.5) is 5.82 Å². The van der Waals surface area contributed by atoms with Gasteiger partial charge in [0, 0.05) is 19.4 Å². The van der Waals surface area contributed by atoms with Gasteiger partial charge >= 0.3 is 15.4 Å². The van der Waals surface area contributed by atoms with Crippen molar-refractivity contribution in [2.24, 2.45) is 0 Å². The third kappa shape index (κ3) is 6.84. The Bertz CT molecular complexity index is 1280. The van der Waals surface area contributed by atoms with Gasteiger partial charge in [-0.05, 0) is 6.42 Å². The maximum Gasteiger partial charge on any atom is 0.472 e. The lowest BCUT2D eigenvalue weighted by molar-refractivity contribution is -0.132. The SMILES string of the molecule is CCC(=O)N1C[C@H](O)C[C@H]1COP(=O)(O)O[C@H]1C[C@H](n2cnc3c(N)ncnc32)O[C@@H]1COP(=O)(O)C(C)C. The quantitative estimate of drug-likeness (QED) is 0.269. The molecule has 2 aliphatic heterocycles. The molecule has 5 N–H and O–H groups in total. The Hall–Kier alpha value is -2.00. The summed E-state index contributed by atoms with van der Waals surface area (Å²) >= 11 is 0. The second-order valence-electron chi connectivity index (χ2n) is 9.75. The number of imidazole rings is 1. The first kappa shape index (κ1) is 30.0. The van der Waals surface area contributed by atoms with Crippen LogP contribution in [-0.2, 0) is 32.2 Å². The van der Waals surface area contributed by atoms with E-state index in [1.807, 2.05) is 0 Å². The van der Waals surface area contributed by atoms with Crippen molar-refractivity contribution in [1.29, 1.82) is 0 Å². The van der Waals surface area contributed by atoms with Crippen LogP contribution in [0.3, 0.4) is 0 Å². The number of fused-ring (bicyclic) bond motifs is 1. The number of aliphatic hydroxyl groups excluding tert-OH is 1. The minimum absolute atomic E-state index is 0.0112. The molecule has 0 aliphatic carbocycles. The Labute approximate surface area is 224 Å². The number of nitrogens with zero attached hydrogens (tertiary/aromatic N) is 5. The predicted molar refractivity (Wildman–Crippen MR) is 136 cm³/mol. The zero-order valence-electron chi connectivity index (χ0n) is 21.8. The minimum Gasteiger partial charge on any atom is -0.391 e. The molecular weight excluding hydrogens is 558 g/mol. The highest BCUT2D eigenvalue weighted by Crippen LogP contribution is 2.51. The maximum absolute atomic E-state index is 12.9. The number of anilines is 1. The molecule has 218 valence electrons. The number of ether oxygens (including phenoxy) is 1. The van der Waals surface area contributed by atoms with Crippen molar-refractivity contribution in [3.63, 3.8) is 0 Å². The van der Waals surface area contributed by atoms with Crippen molar-refractivity contribution >= 4 is 38.3 Å². The van der Waals surface area contributed by atoms with Crippen LogP contribution in [0, 0.1) is 0 Å². The smallest absolute Gasteiger partial charge is 0.391 e. The van der Waals surface area contributed by atoms with Gasteiger partial charge in [-0.15, -0.1) is 0 Å². The summed E-state index contributed by atoms with van der Waals surface area (Å²) < 4.78 is 48.8. The zero-order chi connectivity index (χ0) is 28.5. The zero-order valence-corrected chi connectivity index (χ0v) is 23.6. The Kier molecular flexibility index (Phi) is 9.11. The molecule has 2 unspecified atom stereocenters. The number of aromatic nitrogens is 4. The molecule has 4 rings (SSSR count). The van der Waals surface area contributed by atoms with Crippen molar-refractivity contribution in [1.82, 2.24) is 24.4 Å². The number of carbonyl (C=O) groups excluding carboxylic acids is 1. The van der Waals surface area contributed by atoms with E-state index >= 15 is 0 Å². The second-order valence-corrected chi connectivity index (χ2v) is 13.6. The maximum atomic E-state index is 12.9. The third-order valence-corrected chi connectivity index (χ3v) is 9.50. The molecule has 2 aromatic rings. The lowest BCUT2D eigenvalue weighted by Gasteiger charge is -2.26. The summed E-state index contributed by atoms with van der Waals surface area (Å²) in [7, 11) is -8.70. The molecule has 2 fully saturated rings. The average Bonchev–Trinajstić information content (AvgIpc) is 3.58. The molecule has 2 aliphatic rings. The van der Waals surface area contributed by atoms with Gasteiger partial charge in [0.2, 0.25) is 5.91 Å². The molecule has 1 amide bonds. The largest absolute Gasteiger partial charge is 0.472 e. The van der Waals surface area contributed by atoms with E-state index in [0.29, 0.717) is 11.2 Å². The lowest BCUT2D eigenvalue weighted by Crippen LogP contribution is -2.38. The molecule has 16 nitrogen and oxygen atoms in total. The number of nitrogens with two attached hydrogens (primary N) is 1. The van der Waals surface area contributed by atoms with E-state index in [0.717, 1.165) is 0 Å². The molecule has 39 heavy (non-hydrogen) atoms. The van der Waals surface area contributed by atoms with E-state index in [-0.39, 0.29) is 44.1 Å². The van der Waals surface area contributed by atoms with Crippen molar-refractivity contribution < 1.29 is 47.1 Å². The lowest BCUT2D eigenvalue weighted by atomic mass is 10.2. The second kappa shape index (κ2) is 11.9. The summed E-state index contributed by atoms with van der Waals surface area (Å²) in [5, 5.41) is 9.97. The number of rotatable bonds is 11. The van der Waals surface area contributed by atoms with Crippen molar-refractivity contribution in [3.05, 3.63) is 12.7 Å². The van der Waals surface area contributed by atoms with Gasteiger partial charge in [0.25, 0.3) is 0 Å². The number of nitrogen functional groups attached to an aromatic ring is 1. The van der Waals surface area contributed by atoms with Gasteiger partial charge in [-0.3, -0.25) is 23.0 Å². The average molecular weight is 592 g/mol. The minimum atomic E-state index is -4.72. The highest BCUT2D eigenvalue weighted by atomic mass is 31.2. The van der Waals surface area contributed by atoms with Crippen molar-refractivity contribution in [2.75, 3.05) is 25.5 Å². The summed E-state index contributed by atoms with van der Waals surface area (Å²) in [5.74, 6) is -0.0582. The highest BCUT2D eigenvalue weighted by molar-refractivity contribution is 7.53. The van der Waals surface area contributed by atoms with Crippen molar-refractivity contribution in [2.45, 2.75) is 76.3 Å². The van der Waals surface area contributed by atoms with Crippen LogP contribution in [0.15, 0.2) is 12.7 Å². The normalized spacial score (nSPS) is 28.7. The van der Waals surface area contributed by atoms with Gasteiger partial charge in [-0.25, -0.2) is 19.5 Å². The molecule has 4 heterocycles. The number of β-amino-alcohol motifs (C(OH)–C–C–N with tert-alkyl or cyclic N) is 1. The number of hydrogen-bond acceptors (Lipinski definition) is 12. The van der Waals surface area contributed by atoms with Gasteiger partial charge in [0.1, 0.15) is 30.3 Å². The van der Waals surface area contributed by atoms with Gasteiger partial charge < -0.3 is 34.8 Å². The standard InChI is InChI=1S/C21H34N6O10P2/c1-4-17(29)26-7-14(28)5-13(26)8-35-39(32,33)37-15-6-18(36-16(15)9-34-38(30,31)12(2)3)27-11-25-19-20(22)23-10-24-21(19)27/h10-16,18,28H,4-9H2,1-3H3,(H,30,31)(H,32,33)(H2,22,23,24)/t13-,14+,15-,16+,18+/m0/s1. The Morgan fingerprint density at radius 2 is 1.95 bits per heavy atom. The van der Waals surface area contributed by atoms with Crippen LogP contribution in [0.25, 0.3) is 11.2 Å². The van der Waals surface area contributed by atoms with Gasteiger partial charge in [0.15, 0.2) is 11.5 Å². The molecule has 0 radical (unpaired) electrons. The van der Waals surface area contributed by atoms with Gasteiger partial charge in [-0.1, -0.05) is 20.8 Å². The van der Waals surface area contributed by atoms with Crippen LogP contribution in [0.1, 0.15) is 46.3 Å². The molecule has 0 spiro atoms. The Balaban J connectivity index is 1.49. The number of likely N-dealkylation sites (tertiary alicyclic amines) is 1. The molecule has 0 saturated carbocycles. The summed E-state index contributed by atoms with van der Waals surface area (Å²) in [6.07, 6.45) is -0.618. The van der Waals surface area contributed by atoms with E-state index in [2.05, 4.69) is 15.0 Å². The summed E-state index contributed by atoms with van der Waals surface area (Å²) in [4.78, 5) is 46.5. The fourth-order valence-corrected chi connectivity index (χ4v) is 6.13. The molecule has 2 aromatic heterocycles. The molecule has 7 atom stereocenters. The Morgan fingerprint density at radius 3 is 2.64 bits per heavy atom. The van der Waals surface area contributed by atoms with Crippen LogP contribution in [-0.4, -0.2) is 95.0 Å². The van der Waals surface area contributed by atoms with Crippen LogP contribution >= 0.6 is 15.4 Å². The number of hydrogen-bond donors (Lipinski definition) is 4. The molecule has 18 heteroatoms. The van der Waals surface area contributed by atoms with E-state index in [9.17, 15) is 28.8 Å². The molecule has 0 aromatic carbocycles. The number of carbonyl (C=O) groups is 1. The monoisotopic (exact) mass is 592 g/mol. The fraction of sp³-hybridized carbons (Fsp3) is 0.714. The number of aliphatic hydroxyl groups is 1. The molecular formula is C21H34N6O10P2. The number of phosphoric acid groups is 1. The van der Waals surface area contributed by atoms with Crippen LogP contribution in [0.2, 0.25) is 0 Å². The summed E-state index contributed by atoms with van der Waals surface area (Å²) in [6, 6.07) is -0.600. The summed E-state index contributed by atoms with van der Waals surface area (Å²) in [6.45, 7) is 4.09. The fourth-order valence-electron chi connectivity index (χ4n) is 4.48. The van der Waals surface area contributed by atoms with Gasteiger partial charge in [-0.2, -0.15) is 0 Å². The molecule has 2 saturated heterocycles. The first-order chi connectivity index (χ1) is 18.3. The van der Waals surface area contributed by atoms with E-state index in [1.54, 1.807) is 11.5 Å². The summed E-state index contributed by atoms with van der Waals surface area (Å²) in [5.41, 5.74) is 5.86. The highest BCUT2D eigenvalue weighted by Gasteiger charge is 2.44. The van der Waals surface area contributed by atoms with Crippen molar-refractivity contribution in [3.8, 4) is 0 Å². The van der Waals surface area contributed by atoms with E-state index in [1.165, 1.54) is 31.4 Å². The molecule has 0 bridgehead atoms. The topological polar surface area (TPSA) is 222 Å². The van der Waals surface area contributed by atoms with Gasteiger partial charge in [0.05, 0.1) is 37.3 Å². The number of amides is 1. The van der Waals surface area contributed by atoms with E-state index in [4.69, 9.17) is 24.0 Å². The Morgan fingerprint density at radius 1 is 1.21 bits per heavy atom. The van der Waals surface area contributed by atoms with Crippen LogP contribution in [0.5, 0.6) is 0 Å². The first-order valence-electron chi connectivity index (χ1n) is 12.5. The van der Waals surface area contributed by atoms with Crippen LogP contribution < -0.4 is 5.73 Å².